The Kier molecular flexibility index (Phi) is 5.57. The van der Waals surface area contributed by atoms with Gasteiger partial charge < -0.3 is 19.1 Å². The molecule has 5 nitrogen and oxygen atoms in total. The SMILES string of the molecule is COc1ccc(C2CCCN2C(=O)c2cc(Cl)c(OC)c(OC)c2)cc1. The van der Waals surface area contributed by atoms with Crippen LogP contribution in [-0.4, -0.2) is 38.7 Å². The molecule has 0 bridgehead atoms. The highest BCUT2D eigenvalue weighted by molar-refractivity contribution is 6.32. The topological polar surface area (TPSA) is 48.0 Å². The fourth-order valence-electron chi connectivity index (χ4n) is 3.39. The van der Waals surface area contributed by atoms with Gasteiger partial charge in [0.15, 0.2) is 11.5 Å². The van der Waals surface area contributed by atoms with E-state index in [0.29, 0.717) is 28.6 Å². The summed E-state index contributed by atoms with van der Waals surface area (Å²) in [4.78, 5) is 15.0. The fraction of sp³-hybridized carbons (Fsp3) is 0.350. The number of nitrogens with zero attached hydrogens (tertiary/aromatic N) is 1. The molecule has 0 radical (unpaired) electrons. The number of hydrogen-bond acceptors (Lipinski definition) is 4. The van der Waals surface area contributed by atoms with Crippen molar-refractivity contribution < 1.29 is 19.0 Å². The number of carbonyl (C=O) groups is 1. The lowest BCUT2D eigenvalue weighted by atomic mass is 10.0. The molecule has 1 fully saturated rings. The molecule has 1 heterocycles. The van der Waals surface area contributed by atoms with Crippen molar-refractivity contribution in [2.24, 2.45) is 0 Å². The van der Waals surface area contributed by atoms with E-state index in [1.807, 2.05) is 29.2 Å². The summed E-state index contributed by atoms with van der Waals surface area (Å²) >= 11 is 6.26. The second-order valence-corrected chi connectivity index (χ2v) is 6.53. The molecule has 1 atom stereocenters. The van der Waals surface area contributed by atoms with Gasteiger partial charge in [0.25, 0.3) is 5.91 Å². The first-order chi connectivity index (χ1) is 12.6. The van der Waals surface area contributed by atoms with Crippen LogP contribution in [0.1, 0.15) is 34.8 Å². The Labute approximate surface area is 158 Å². The lowest BCUT2D eigenvalue weighted by molar-refractivity contribution is 0.0735. The largest absolute Gasteiger partial charge is 0.497 e. The number of methoxy groups -OCH3 is 3. The first-order valence-corrected chi connectivity index (χ1v) is 8.83. The summed E-state index contributed by atoms with van der Waals surface area (Å²) in [5, 5.41) is 0.357. The van der Waals surface area contributed by atoms with Crippen molar-refractivity contribution in [3.05, 3.63) is 52.5 Å². The number of likely N-dealkylation sites (tertiary alicyclic amines) is 1. The monoisotopic (exact) mass is 375 g/mol. The molecule has 2 aromatic rings. The number of carbonyl (C=O) groups excluding carboxylic acids is 1. The molecule has 1 aliphatic rings. The van der Waals surface area contributed by atoms with Crippen LogP contribution in [0.3, 0.4) is 0 Å². The van der Waals surface area contributed by atoms with Crippen molar-refractivity contribution in [3.63, 3.8) is 0 Å². The number of ether oxygens (including phenoxy) is 3. The molecular weight excluding hydrogens is 354 g/mol. The molecule has 1 saturated heterocycles. The van der Waals surface area contributed by atoms with Gasteiger partial charge in [-0.25, -0.2) is 0 Å². The van der Waals surface area contributed by atoms with Gasteiger partial charge >= 0.3 is 0 Å². The highest BCUT2D eigenvalue weighted by Gasteiger charge is 2.31. The highest BCUT2D eigenvalue weighted by Crippen LogP contribution is 2.38. The van der Waals surface area contributed by atoms with Crippen LogP contribution in [0.15, 0.2) is 36.4 Å². The number of hydrogen-bond donors (Lipinski definition) is 0. The van der Waals surface area contributed by atoms with Crippen molar-refractivity contribution in [1.29, 1.82) is 0 Å². The summed E-state index contributed by atoms with van der Waals surface area (Å²) in [6, 6.07) is 11.2. The maximum atomic E-state index is 13.1. The minimum absolute atomic E-state index is 0.0419. The van der Waals surface area contributed by atoms with E-state index in [9.17, 15) is 4.79 Å². The van der Waals surface area contributed by atoms with E-state index in [2.05, 4.69) is 0 Å². The van der Waals surface area contributed by atoms with E-state index in [1.165, 1.54) is 14.2 Å². The van der Waals surface area contributed by atoms with Gasteiger partial charge in [-0.3, -0.25) is 4.79 Å². The second kappa shape index (κ2) is 7.87. The van der Waals surface area contributed by atoms with Gasteiger partial charge in [0.2, 0.25) is 0 Å². The summed E-state index contributed by atoms with van der Waals surface area (Å²) in [7, 11) is 4.69. The summed E-state index contributed by atoms with van der Waals surface area (Å²) in [6.07, 6.45) is 1.89. The first-order valence-electron chi connectivity index (χ1n) is 8.45. The Morgan fingerprint density at radius 1 is 1.08 bits per heavy atom. The van der Waals surface area contributed by atoms with Gasteiger partial charge in [0.1, 0.15) is 5.75 Å². The Morgan fingerprint density at radius 2 is 1.81 bits per heavy atom. The van der Waals surface area contributed by atoms with Gasteiger partial charge in [0.05, 0.1) is 32.4 Å². The minimum Gasteiger partial charge on any atom is -0.497 e. The minimum atomic E-state index is -0.0637. The van der Waals surface area contributed by atoms with E-state index in [0.717, 1.165) is 24.2 Å². The van der Waals surface area contributed by atoms with Gasteiger partial charge in [-0.05, 0) is 42.7 Å². The molecule has 2 aromatic carbocycles. The number of rotatable bonds is 5. The third kappa shape index (κ3) is 3.44. The molecule has 0 N–H and O–H groups in total. The van der Waals surface area contributed by atoms with Crippen LogP contribution in [0.5, 0.6) is 17.2 Å². The Hall–Kier alpha value is -2.40. The van der Waals surface area contributed by atoms with Crippen LogP contribution in [0.25, 0.3) is 0 Å². The molecule has 1 unspecified atom stereocenters. The van der Waals surface area contributed by atoms with Gasteiger partial charge in [-0.1, -0.05) is 23.7 Å². The number of benzene rings is 2. The van der Waals surface area contributed by atoms with Crippen LogP contribution in [0, 0.1) is 0 Å². The van der Waals surface area contributed by atoms with Crippen LogP contribution >= 0.6 is 11.6 Å². The van der Waals surface area contributed by atoms with Crippen molar-refractivity contribution in [2.45, 2.75) is 18.9 Å². The zero-order valence-electron chi connectivity index (χ0n) is 15.1. The number of amides is 1. The summed E-state index contributed by atoms with van der Waals surface area (Å²) in [5.74, 6) is 1.62. The van der Waals surface area contributed by atoms with E-state index in [4.69, 9.17) is 25.8 Å². The Morgan fingerprint density at radius 3 is 2.42 bits per heavy atom. The second-order valence-electron chi connectivity index (χ2n) is 6.12. The lowest BCUT2D eigenvalue weighted by Crippen LogP contribution is -2.30. The molecule has 138 valence electrons. The maximum absolute atomic E-state index is 13.1. The Bertz CT molecular complexity index is 791. The standard InChI is InChI=1S/C20H22ClNO4/c1-24-15-8-6-13(7-9-15)17-5-4-10-22(17)20(23)14-11-16(21)19(26-3)18(12-14)25-2/h6-9,11-12,17H,4-5,10H2,1-3H3. The quantitative estimate of drug-likeness (QED) is 0.779. The molecule has 0 aromatic heterocycles. The van der Waals surface area contributed by atoms with Crippen LogP contribution in [0.2, 0.25) is 5.02 Å². The van der Waals surface area contributed by atoms with E-state index >= 15 is 0 Å². The third-order valence-electron chi connectivity index (χ3n) is 4.69. The predicted molar refractivity (Wildman–Crippen MR) is 101 cm³/mol. The lowest BCUT2D eigenvalue weighted by Gasteiger charge is -2.26. The van der Waals surface area contributed by atoms with Crippen molar-refractivity contribution in [3.8, 4) is 17.2 Å². The third-order valence-corrected chi connectivity index (χ3v) is 4.98. The normalized spacial score (nSPS) is 16.5. The van der Waals surface area contributed by atoms with Crippen molar-refractivity contribution >= 4 is 17.5 Å². The zero-order valence-corrected chi connectivity index (χ0v) is 15.9. The van der Waals surface area contributed by atoms with Crippen molar-refractivity contribution in [2.75, 3.05) is 27.9 Å². The summed E-state index contributed by atoms with van der Waals surface area (Å²) in [5.41, 5.74) is 1.59. The zero-order chi connectivity index (χ0) is 18.7. The number of halogens is 1. The van der Waals surface area contributed by atoms with Crippen LogP contribution in [-0.2, 0) is 0 Å². The molecule has 6 heteroatoms. The summed E-state index contributed by atoms with van der Waals surface area (Å²) < 4.78 is 15.8. The van der Waals surface area contributed by atoms with Crippen molar-refractivity contribution in [1.82, 2.24) is 4.90 Å². The van der Waals surface area contributed by atoms with Gasteiger partial charge in [-0.2, -0.15) is 0 Å². The van der Waals surface area contributed by atoms with E-state index in [1.54, 1.807) is 19.2 Å². The summed E-state index contributed by atoms with van der Waals surface area (Å²) in [6.45, 7) is 0.710. The average Bonchev–Trinajstić information content (AvgIpc) is 3.16. The molecule has 0 aliphatic carbocycles. The van der Waals surface area contributed by atoms with Gasteiger partial charge in [0, 0.05) is 12.1 Å². The first kappa shape index (κ1) is 18.4. The molecule has 0 spiro atoms. The molecular formula is C20H22ClNO4. The van der Waals surface area contributed by atoms with E-state index in [-0.39, 0.29) is 11.9 Å². The van der Waals surface area contributed by atoms with Crippen LogP contribution in [0.4, 0.5) is 0 Å². The molecule has 26 heavy (non-hydrogen) atoms. The molecule has 1 amide bonds. The van der Waals surface area contributed by atoms with E-state index < -0.39 is 0 Å². The Balaban J connectivity index is 1.89. The molecule has 0 saturated carbocycles. The highest BCUT2D eigenvalue weighted by atomic mass is 35.5. The predicted octanol–water partition coefficient (Wildman–Crippen LogP) is 4.34. The molecule has 1 aliphatic heterocycles. The average molecular weight is 376 g/mol. The fourth-order valence-corrected chi connectivity index (χ4v) is 3.68. The molecule has 3 rings (SSSR count). The smallest absolute Gasteiger partial charge is 0.254 e. The van der Waals surface area contributed by atoms with Gasteiger partial charge in [-0.15, -0.1) is 0 Å². The maximum Gasteiger partial charge on any atom is 0.254 e. The van der Waals surface area contributed by atoms with Crippen LogP contribution < -0.4 is 14.2 Å².